The van der Waals surface area contributed by atoms with Gasteiger partial charge in [0.05, 0.1) is 22.6 Å². The smallest absolute Gasteiger partial charge is 0.445 e. The molecule has 9 heteroatoms. The molecular formula is C27H45N3O4S2. The van der Waals surface area contributed by atoms with Crippen LogP contribution in [-0.4, -0.2) is 35.9 Å². The second kappa shape index (κ2) is 16.8. The van der Waals surface area contributed by atoms with E-state index >= 15 is 0 Å². The third-order valence-corrected chi connectivity index (χ3v) is 9.00. The summed E-state index contributed by atoms with van der Waals surface area (Å²) in [5.74, 6) is -0.123. The predicted molar refractivity (Wildman–Crippen MR) is 149 cm³/mol. The van der Waals surface area contributed by atoms with E-state index in [1.54, 1.807) is 18.5 Å². The van der Waals surface area contributed by atoms with Gasteiger partial charge in [-0.1, -0.05) is 118 Å². The van der Waals surface area contributed by atoms with Crippen LogP contribution in [0.15, 0.2) is 29.4 Å². The highest BCUT2D eigenvalue weighted by molar-refractivity contribution is 7.89. The lowest BCUT2D eigenvalue weighted by Gasteiger charge is -2.16. The van der Waals surface area contributed by atoms with Crippen molar-refractivity contribution in [3.8, 4) is 0 Å². The zero-order valence-corrected chi connectivity index (χ0v) is 24.0. The average Bonchev–Trinajstić information content (AvgIpc) is 3.18. The second-order valence-electron chi connectivity index (χ2n) is 9.37. The van der Waals surface area contributed by atoms with E-state index in [9.17, 15) is 13.2 Å². The number of fused-ring (bicyclic) bond motifs is 1. The van der Waals surface area contributed by atoms with Crippen molar-refractivity contribution in [1.29, 1.82) is 0 Å². The van der Waals surface area contributed by atoms with Crippen LogP contribution in [0.1, 0.15) is 104 Å². The number of unbranched alkanes of at least 4 members (excludes halogenated alkanes) is 13. The van der Waals surface area contributed by atoms with Crippen LogP contribution in [0.2, 0.25) is 0 Å². The molecule has 1 aromatic carbocycles. The van der Waals surface area contributed by atoms with Gasteiger partial charge in [-0.2, -0.15) is 0 Å². The fourth-order valence-electron chi connectivity index (χ4n) is 4.22. The molecule has 0 radical (unpaired) electrons. The second-order valence-corrected chi connectivity index (χ2v) is 12.3. The Morgan fingerprint density at radius 2 is 1.42 bits per heavy atom. The zero-order chi connectivity index (χ0) is 26.2. The molecule has 1 heterocycles. The van der Waals surface area contributed by atoms with Crippen molar-refractivity contribution in [2.75, 3.05) is 12.4 Å². The number of carbonyl (C=O) groups excluding carboxylic acids is 1. The summed E-state index contributed by atoms with van der Waals surface area (Å²) in [5.41, 5.74) is 0.925. The van der Waals surface area contributed by atoms with Crippen LogP contribution in [0, 0.1) is 0 Å². The highest BCUT2D eigenvalue weighted by Crippen LogP contribution is 2.17. The van der Waals surface area contributed by atoms with Crippen LogP contribution >= 0.6 is 11.3 Å². The highest BCUT2D eigenvalue weighted by atomic mass is 32.2. The van der Waals surface area contributed by atoms with E-state index < -0.39 is 16.1 Å². The van der Waals surface area contributed by atoms with E-state index in [0.717, 1.165) is 29.5 Å². The summed E-state index contributed by atoms with van der Waals surface area (Å²) in [4.78, 5) is 12.9. The molecule has 0 spiro atoms. The van der Waals surface area contributed by atoms with Gasteiger partial charge in [0.15, 0.2) is 0 Å². The van der Waals surface area contributed by atoms with Gasteiger partial charge >= 0.3 is 6.09 Å². The van der Waals surface area contributed by atoms with Crippen LogP contribution in [0.4, 0.5) is 4.79 Å². The number of nitrogens with zero attached hydrogens (tertiary/aromatic N) is 3. The van der Waals surface area contributed by atoms with Gasteiger partial charge in [0, 0.05) is 7.05 Å². The minimum absolute atomic E-state index is 0.0811. The molecule has 0 saturated heterocycles. The van der Waals surface area contributed by atoms with Gasteiger partial charge in [0.25, 0.3) is 10.0 Å². The first-order valence-electron chi connectivity index (χ1n) is 13.7. The average molecular weight is 540 g/mol. The standard InChI is InChI=1S/C27H45N3O4S2/c1-4-6-7-8-9-10-11-12-13-14-15-16-17-20-23-36(32,33)30(27(31)34-5-2)28-26-29(3)24-21-18-19-22-25(24)35-26/h18-19,21-22H,4-17,20,23H2,1-3H3/b28-26-. The Hall–Kier alpha value is -1.87. The molecule has 0 aliphatic carbocycles. The van der Waals surface area contributed by atoms with Gasteiger partial charge in [0.2, 0.25) is 4.80 Å². The van der Waals surface area contributed by atoms with Crippen molar-refractivity contribution in [1.82, 2.24) is 8.98 Å². The number of carbonyl (C=O) groups is 1. The van der Waals surface area contributed by atoms with Crippen LogP contribution in [-0.2, 0) is 21.8 Å². The summed E-state index contributed by atoms with van der Waals surface area (Å²) in [5, 5.41) is 4.22. The van der Waals surface area contributed by atoms with Gasteiger partial charge in [-0.3, -0.25) is 0 Å². The summed E-state index contributed by atoms with van der Waals surface area (Å²) in [6.45, 7) is 3.98. The first-order valence-corrected chi connectivity index (χ1v) is 16.1. The van der Waals surface area contributed by atoms with Gasteiger partial charge < -0.3 is 9.30 Å². The lowest BCUT2D eigenvalue weighted by atomic mass is 10.0. The summed E-state index contributed by atoms with van der Waals surface area (Å²) in [6.07, 6.45) is 15.7. The van der Waals surface area contributed by atoms with Crippen molar-refractivity contribution in [3.63, 3.8) is 0 Å². The third kappa shape index (κ3) is 10.2. The topological polar surface area (TPSA) is 81.0 Å². The minimum atomic E-state index is -3.93. The van der Waals surface area contributed by atoms with Gasteiger partial charge in [-0.05, 0) is 25.5 Å². The molecule has 0 fully saturated rings. The summed E-state index contributed by atoms with van der Waals surface area (Å²) >= 11 is 1.33. The maximum absolute atomic E-state index is 13.0. The highest BCUT2D eigenvalue weighted by Gasteiger charge is 2.29. The molecule has 0 N–H and O–H groups in total. The normalized spacial score (nSPS) is 12.4. The van der Waals surface area contributed by atoms with Crippen LogP contribution in [0.25, 0.3) is 10.2 Å². The summed E-state index contributed by atoms with van der Waals surface area (Å²) in [7, 11) is -2.12. The number of ether oxygens (including phenoxy) is 1. The molecular weight excluding hydrogens is 494 g/mol. The number of hydrogen-bond donors (Lipinski definition) is 0. The fourth-order valence-corrected chi connectivity index (χ4v) is 6.50. The lowest BCUT2D eigenvalue weighted by molar-refractivity contribution is 0.130. The van der Waals surface area contributed by atoms with Gasteiger partial charge in [0.1, 0.15) is 0 Å². The Morgan fingerprint density at radius 3 is 1.94 bits per heavy atom. The first kappa shape index (κ1) is 30.4. The van der Waals surface area contributed by atoms with E-state index in [0.29, 0.717) is 15.6 Å². The van der Waals surface area contributed by atoms with Crippen LogP contribution in [0.5, 0.6) is 0 Å². The van der Waals surface area contributed by atoms with E-state index in [1.807, 2.05) is 24.3 Å². The number of thiazole rings is 1. The molecule has 2 aromatic rings. The molecule has 1 aromatic heterocycles. The number of para-hydroxylation sites is 1. The van der Waals surface area contributed by atoms with Crippen LogP contribution in [0.3, 0.4) is 0 Å². The summed E-state index contributed by atoms with van der Waals surface area (Å²) < 4.78 is 34.4. The molecule has 0 saturated carbocycles. The number of aromatic nitrogens is 1. The number of benzene rings is 1. The minimum Gasteiger partial charge on any atom is -0.448 e. The van der Waals surface area contributed by atoms with E-state index in [2.05, 4.69) is 12.0 Å². The molecule has 204 valence electrons. The Labute approximate surface area is 221 Å². The Balaban J connectivity index is 1.78. The predicted octanol–water partition coefficient (Wildman–Crippen LogP) is 7.33. The van der Waals surface area contributed by atoms with E-state index in [1.165, 1.54) is 75.5 Å². The lowest BCUT2D eigenvalue weighted by Crippen LogP contribution is -2.37. The largest absolute Gasteiger partial charge is 0.448 e. The Bertz CT molecular complexity index is 1080. The first-order chi connectivity index (χ1) is 17.4. The van der Waals surface area contributed by atoms with Crippen molar-refractivity contribution in [2.24, 2.45) is 12.1 Å². The molecule has 1 amide bonds. The number of sulfonamides is 1. The summed E-state index contributed by atoms with van der Waals surface area (Å²) in [6, 6.07) is 7.70. The van der Waals surface area contributed by atoms with Crippen molar-refractivity contribution in [3.05, 3.63) is 29.1 Å². The van der Waals surface area contributed by atoms with Crippen molar-refractivity contribution < 1.29 is 17.9 Å². The maximum atomic E-state index is 13.0. The van der Waals surface area contributed by atoms with E-state index in [-0.39, 0.29) is 12.4 Å². The molecule has 36 heavy (non-hydrogen) atoms. The number of aryl methyl sites for hydroxylation is 1. The molecule has 2 rings (SSSR count). The zero-order valence-electron chi connectivity index (χ0n) is 22.4. The number of rotatable bonds is 18. The van der Waals surface area contributed by atoms with E-state index in [4.69, 9.17) is 4.74 Å². The SMILES string of the molecule is CCCCCCCCCCCCCCCCS(=O)(=O)N(/N=c1\sc2ccccc2n1C)C(=O)OCC. The Kier molecular flexibility index (Phi) is 14.2. The molecule has 0 unspecified atom stereocenters. The Morgan fingerprint density at radius 1 is 0.889 bits per heavy atom. The van der Waals surface area contributed by atoms with Gasteiger partial charge in [-0.15, -0.1) is 5.10 Å². The number of amides is 1. The number of hydrogen-bond acceptors (Lipinski definition) is 6. The quantitative estimate of drug-likeness (QED) is 0.147. The van der Waals surface area contributed by atoms with Crippen molar-refractivity contribution >= 4 is 37.7 Å². The molecule has 0 bridgehead atoms. The fraction of sp³-hybridized carbons (Fsp3) is 0.704. The maximum Gasteiger partial charge on any atom is 0.445 e. The monoisotopic (exact) mass is 539 g/mol. The van der Waals surface area contributed by atoms with Gasteiger partial charge in [-0.25, -0.2) is 13.2 Å². The molecule has 0 atom stereocenters. The molecule has 0 aliphatic rings. The molecule has 0 aliphatic heterocycles. The molecule has 7 nitrogen and oxygen atoms in total. The van der Waals surface area contributed by atoms with Crippen molar-refractivity contribution in [2.45, 2.75) is 104 Å². The van der Waals surface area contributed by atoms with Crippen LogP contribution < -0.4 is 4.80 Å². The third-order valence-electron chi connectivity index (χ3n) is 6.33.